The highest BCUT2D eigenvalue weighted by Gasteiger charge is 2.34. The number of nitrogens with zero attached hydrogens (tertiary/aromatic N) is 1. The van der Waals surface area contributed by atoms with Crippen LogP contribution in [0.4, 0.5) is 0 Å². The van der Waals surface area contributed by atoms with Crippen molar-refractivity contribution in [2.24, 2.45) is 34.2 Å². The van der Waals surface area contributed by atoms with E-state index in [1.807, 2.05) is 18.2 Å². The maximum Gasteiger partial charge on any atom is 0.245 e. The van der Waals surface area contributed by atoms with Crippen molar-refractivity contribution >= 4 is 41.0 Å². The molecule has 14 nitrogen and oxygen atoms in total. The number of nitrogens with one attached hydrogen (secondary N) is 3. The minimum absolute atomic E-state index is 0.126. The fourth-order valence-corrected chi connectivity index (χ4v) is 7.17. The normalized spacial score (nSPS) is 14.3. The maximum atomic E-state index is 14.0. The molecule has 0 aliphatic heterocycles. The molecule has 60 heavy (non-hydrogen) atoms. The molecule has 0 heterocycles. The lowest BCUT2D eigenvalue weighted by atomic mass is 9.87. The number of rotatable bonds is 35. The molecule has 1 unspecified atom stereocenters. The van der Waals surface area contributed by atoms with E-state index in [0.29, 0.717) is 12.8 Å². The number of unbranched alkanes of at least 4 members (excludes halogenated alkanes) is 12. The number of carbonyl (C=O) groups excluding carboxylic acids is 6. The first kappa shape index (κ1) is 53.8. The number of aliphatic imine (C=N–C) groups is 1. The van der Waals surface area contributed by atoms with Crippen molar-refractivity contribution in [2.45, 2.75) is 181 Å². The molecule has 0 fully saturated rings. The van der Waals surface area contributed by atoms with Crippen LogP contribution in [0.5, 0.6) is 0 Å². The first-order valence-corrected chi connectivity index (χ1v) is 22.4. The van der Waals surface area contributed by atoms with E-state index in [-0.39, 0.29) is 56.3 Å². The Labute approximate surface area is 359 Å². The second kappa shape index (κ2) is 31.7. The summed E-state index contributed by atoms with van der Waals surface area (Å²) in [5.41, 5.74) is 11.7. The third-order valence-corrected chi connectivity index (χ3v) is 10.9. The highest BCUT2D eigenvalue weighted by atomic mass is 16.3. The van der Waals surface area contributed by atoms with Crippen molar-refractivity contribution in [1.29, 1.82) is 0 Å². The molecule has 0 radical (unpaired) electrons. The van der Waals surface area contributed by atoms with Gasteiger partial charge < -0.3 is 37.6 Å². The molecule has 0 bridgehead atoms. The fraction of sp³-hybridized carbons (Fsp3) is 0.717. The number of guanidine groups is 1. The molecule has 9 N–H and O–H groups in total. The van der Waals surface area contributed by atoms with Crippen LogP contribution in [-0.4, -0.2) is 88.6 Å². The molecule has 0 aliphatic carbocycles. The van der Waals surface area contributed by atoms with Crippen molar-refractivity contribution in [1.82, 2.24) is 16.0 Å². The van der Waals surface area contributed by atoms with E-state index in [9.17, 15) is 39.0 Å². The summed E-state index contributed by atoms with van der Waals surface area (Å²) in [5.74, 6) is -5.34. The molecule has 0 saturated heterocycles. The Hall–Kier alpha value is -4.17. The highest BCUT2D eigenvalue weighted by molar-refractivity contribution is 5.96. The Morgan fingerprint density at radius 1 is 0.683 bits per heavy atom. The number of aliphatic hydroxyl groups is 2. The van der Waals surface area contributed by atoms with Crippen molar-refractivity contribution in [3.8, 4) is 0 Å². The molecule has 3 amide bonds. The second-order valence-electron chi connectivity index (χ2n) is 16.7. The zero-order chi connectivity index (χ0) is 44.9. The van der Waals surface area contributed by atoms with E-state index in [4.69, 9.17) is 11.5 Å². The van der Waals surface area contributed by atoms with Gasteiger partial charge in [-0.15, -0.1) is 0 Å². The molecule has 340 valence electrons. The lowest BCUT2D eigenvalue weighted by Crippen LogP contribution is -2.57. The average molecular weight is 843 g/mol. The minimum Gasteiger partial charge on any atom is -0.396 e. The van der Waals surface area contributed by atoms with Crippen molar-refractivity contribution in [3.63, 3.8) is 0 Å². The van der Waals surface area contributed by atoms with Gasteiger partial charge in [0.25, 0.3) is 0 Å². The number of hydrogen-bond acceptors (Lipinski definition) is 9. The number of nitrogens with two attached hydrogens (primary N) is 2. The van der Waals surface area contributed by atoms with E-state index in [2.05, 4.69) is 27.9 Å². The molecule has 0 spiro atoms. The Balaban J connectivity index is 2.97. The van der Waals surface area contributed by atoms with Gasteiger partial charge in [-0.1, -0.05) is 128 Å². The molecule has 1 rings (SSSR count). The third-order valence-electron chi connectivity index (χ3n) is 10.9. The zero-order valence-corrected chi connectivity index (χ0v) is 37.2. The Morgan fingerprint density at radius 3 is 1.73 bits per heavy atom. The molecule has 1 aromatic carbocycles. The van der Waals surface area contributed by atoms with Gasteiger partial charge in [0.05, 0.1) is 24.8 Å². The van der Waals surface area contributed by atoms with E-state index < -0.39 is 72.0 Å². The Morgan fingerprint density at radius 2 is 1.23 bits per heavy atom. The molecule has 0 aliphatic rings. The predicted octanol–water partition coefficient (Wildman–Crippen LogP) is 4.99. The number of ketones is 3. The third kappa shape index (κ3) is 23.6. The lowest BCUT2D eigenvalue weighted by Gasteiger charge is -2.28. The lowest BCUT2D eigenvalue weighted by molar-refractivity contribution is -0.136. The Bertz CT molecular complexity index is 1450. The minimum atomic E-state index is -1.29. The van der Waals surface area contributed by atoms with Gasteiger partial charge in [0.15, 0.2) is 17.5 Å². The summed E-state index contributed by atoms with van der Waals surface area (Å²) in [5, 5.41) is 28.4. The quantitative estimate of drug-likeness (QED) is 0.0274. The maximum absolute atomic E-state index is 14.0. The average Bonchev–Trinajstić information content (AvgIpc) is 3.20. The van der Waals surface area contributed by atoms with Gasteiger partial charge >= 0.3 is 0 Å². The summed E-state index contributed by atoms with van der Waals surface area (Å²) in [6, 6.07) is 5.67. The molecular formula is C46H78N6O8. The zero-order valence-electron chi connectivity index (χ0n) is 37.2. The molecule has 14 heteroatoms. The van der Waals surface area contributed by atoms with Crippen LogP contribution < -0.4 is 27.4 Å². The number of benzene rings is 1. The highest BCUT2D eigenvalue weighted by Crippen LogP contribution is 2.19. The largest absolute Gasteiger partial charge is 0.396 e. The number of amides is 3. The van der Waals surface area contributed by atoms with E-state index in [0.717, 1.165) is 24.8 Å². The molecule has 0 saturated carbocycles. The summed E-state index contributed by atoms with van der Waals surface area (Å²) in [6.07, 6.45) is 14.3. The summed E-state index contributed by atoms with van der Waals surface area (Å²) in [7, 11) is 0. The first-order valence-electron chi connectivity index (χ1n) is 22.4. The standard InChI is InChI=1S/C46H78N6O8/c1-6-7-8-9-10-11-12-13-14-15-16-17-21-26-41(58)51-43(34(5)55)45(60)52-42(32(2)3)40(57)29-36(28-35-23-19-18-20-24-35)44(59)50-38(25-22-27-49-46(47)48)39(56)30-37(31-53)33(4)54/h18-20,23-24,32,34,36-38,42-43,53,55H,6-17,21-22,25-31H2,1-5H3,(H,50,59)(H,51,58)(H,52,60)(H4,47,48,49)/t34-,36-,37+,38+,42-,43?/m1/s1. The summed E-state index contributed by atoms with van der Waals surface area (Å²) in [6.45, 7) is 8.07. The summed E-state index contributed by atoms with van der Waals surface area (Å²) >= 11 is 0. The van der Waals surface area contributed by atoms with Crippen LogP contribution in [0.2, 0.25) is 0 Å². The van der Waals surface area contributed by atoms with Crippen molar-refractivity contribution in [3.05, 3.63) is 35.9 Å². The van der Waals surface area contributed by atoms with Crippen LogP contribution in [-0.2, 0) is 35.2 Å². The van der Waals surface area contributed by atoms with Gasteiger partial charge in [0, 0.05) is 37.6 Å². The number of Topliss-reactive ketones (excluding diaryl/α,β-unsaturated/α-hetero) is 3. The van der Waals surface area contributed by atoms with Crippen LogP contribution in [0, 0.1) is 17.8 Å². The van der Waals surface area contributed by atoms with Crippen LogP contribution in [0.3, 0.4) is 0 Å². The molecule has 0 aromatic heterocycles. The summed E-state index contributed by atoms with van der Waals surface area (Å²) in [4.78, 5) is 83.9. The molecule has 6 atom stereocenters. The first-order chi connectivity index (χ1) is 28.6. The van der Waals surface area contributed by atoms with Gasteiger partial charge in [0.1, 0.15) is 11.8 Å². The van der Waals surface area contributed by atoms with Gasteiger partial charge in [-0.05, 0) is 51.0 Å². The van der Waals surface area contributed by atoms with E-state index >= 15 is 0 Å². The van der Waals surface area contributed by atoms with E-state index in [1.165, 1.54) is 71.6 Å². The predicted molar refractivity (Wildman–Crippen MR) is 237 cm³/mol. The van der Waals surface area contributed by atoms with Gasteiger partial charge in [-0.25, -0.2) is 0 Å². The van der Waals surface area contributed by atoms with Gasteiger partial charge in [0.2, 0.25) is 17.7 Å². The second-order valence-corrected chi connectivity index (χ2v) is 16.7. The van der Waals surface area contributed by atoms with Crippen molar-refractivity contribution < 1.29 is 39.0 Å². The fourth-order valence-electron chi connectivity index (χ4n) is 7.17. The van der Waals surface area contributed by atoms with Crippen LogP contribution in [0.1, 0.15) is 156 Å². The SMILES string of the molecule is CCCCCCCCCCCCCCCC(=O)NC(C(=O)N[C@@H](C(=O)C[C@@H](Cc1ccccc1)C(=O)N[C@@H](CCCN=C(N)N)C(=O)C[C@@H](CO)C(C)=O)C(C)C)[C@@H](C)O. The van der Waals surface area contributed by atoms with Crippen LogP contribution in [0.15, 0.2) is 35.3 Å². The molecule has 1 aromatic rings. The van der Waals surface area contributed by atoms with Crippen LogP contribution in [0.25, 0.3) is 0 Å². The number of carbonyl (C=O) groups is 6. The topological polar surface area (TPSA) is 243 Å². The summed E-state index contributed by atoms with van der Waals surface area (Å²) < 4.78 is 0. The number of aliphatic hydroxyl groups excluding tert-OH is 2. The van der Waals surface area contributed by atoms with Crippen molar-refractivity contribution in [2.75, 3.05) is 13.2 Å². The Kier molecular flexibility index (Phi) is 28.4. The van der Waals surface area contributed by atoms with Gasteiger partial charge in [-0.3, -0.25) is 33.8 Å². The number of hydrogen-bond donors (Lipinski definition) is 7. The van der Waals surface area contributed by atoms with E-state index in [1.54, 1.807) is 26.0 Å². The van der Waals surface area contributed by atoms with Gasteiger partial charge in [-0.2, -0.15) is 0 Å². The van der Waals surface area contributed by atoms with Crippen LogP contribution >= 0.6 is 0 Å². The molecular weight excluding hydrogens is 765 g/mol. The smallest absolute Gasteiger partial charge is 0.245 e. The monoisotopic (exact) mass is 843 g/mol.